The van der Waals surface area contributed by atoms with Crippen LogP contribution in [0.2, 0.25) is 0 Å². The summed E-state index contributed by atoms with van der Waals surface area (Å²) in [6, 6.07) is 16.3. The van der Waals surface area contributed by atoms with E-state index in [1.54, 1.807) is 24.3 Å². The molecule has 214 valence electrons. The first-order chi connectivity index (χ1) is 19.8. The lowest BCUT2D eigenvalue weighted by molar-refractivity contribution is -0.111. The molecule has 2 aromatic carbocycles. The fourth-order valence-corrected chi connectivity index (χ4v) is 5.96. The molecule has 4 N–H and O–H groups in total. The standard InChI is InChI=1S/C31H37N7O3/c1-4-26(39)32-23-15-13-22(14-16-23)29(40)34-28-24-19-38(31(27(24)35-36-28)17-9-6-10-18-31)30(41)33-25(20-37(2)3)21-11-7-5-8-12-21/h4-5,7-8,11-16,25H,1,6,9-10,17-20H2,2-3H3,(H,32,39)(H,33,41)(H2,34,35,36,40)/t25-/m1/s1. The molecule has 1 fully saturated rings. The number of likely N-dealkylation sites (N-methyl/N-ethyl adjacent to an activating group) is 1. The SMILES string of the molecule is C=CC(=O)Nc1ccc(C(=O)Nc2n[nH]c3c2CN(C(=O)N[C@H](CN(C)C)c2ccccc2)C32CCCCC2)cc1. The molecule has 1 spiro atoms. The second-order valence-corrected chi connectivity index (χ2v) is 11.0. The summed E-state index contributed by atoms with van der Waals surface area (Å²) in [5.41, 5.74) is 3.31. The highest BCUT2D eigenvalue weighted by molar-refractivity contribution is 6.05. The number of anilines is 2. The van der Waals surface area contributed by atoms with Crippen LogP contribution in [0.4, 0.5) is 16.3 Å². The first-order valence-electron chi connectivity index (χ1n) is 14.0. The second kappa shape index (κ2) is 12.0. The van der Waals surface area contributed by atoms with Crippen LogP contribution in [-0.4, -0.2) is 58.5 Å². The first kappa shape index (κ1) is 28.1. The van der Waals surface area contributed by atoms with Crippen LogP contribution in [0, 0.1) is 0 Å². The number of nitrogens with zero attached hydrogens (tertiary/aromatic N) is 3. The molecule has 0 radical (unpaired) electrons. The number of H-pyrrole nitrogens is 1. The van der Waals surface area contributed by atoms with E-state index in [2.05, 4.69) is 37.6 Å². The number of amides is 4. The number of rotatable bonds is 8. The largest absolute Gasteiger partial charge is 0.330 e. The highest BCUT2D eigenvalue weighted by Crippen LogP contribution is 2.49. The van der Waals surface area contributed by atoms with Gasteiger partial charge in [-0.25, -0.2) is 4.79 Å². The molecule has 3 aromatic rings. The number of urea groups is 1. The van der Waals surface area contributed by atoms with Crippen LogP contribution in [0.3, 0.4) is 0 Å². The Morgan fingerprint density at radius 2 is 1.76 bits per heavy atom. The average molecular weight is 556 g/mol. The van der Waals surface area contributed by atoms with Crippen molar-refractivity contribution in [1.29, 1.82) is 0 Å². The lowest BCUT2D eigenvalue weighted by Gasteiger charge is -2.42. The van der Waals surface area contributed by atoms with Crippen LogP contribution in [-0.2, 0) is 16.9 Å². The molecule has 0 bridgehead atoms. The third-order valence-electron chi connectivity index (χ3n) is 7.97. The van der Waals surface area contributed by atoms with Gasteiger partial charge in [-0.05, 0) is 62.8 Å². The Labute approximate surface area is 240 Å². The number of benzene rings is 2. The molecule has 0 saturated heterocycles. The minimum Gasteiger partial charge on any atom is -0.330 e. The van der Waals surface area contributed by atoms with Crippen LogP contribution in [0.1, 0.15) is 65.3 Å². The van der Waals surface area contributed by atoms with Gasteiger partial charge in [0.05, 0.1) is 23.8 Å². The minimum atomic E-state index is -0.488. The average Bonchev–Trinajstić information content (AvgIpc) is 3.52. The smallest absolute Gasteiger partial charge is 0.319 e. The summed E-state index contributed by atoms with van der Waals surface area (Å²) in [4.78, 5) is 42.6. The topological polar surface area (TPSA) is 122 Å². The van der Waals surface area contributed by atoms with E-state index in [0.29, 0.717) is 30.2 Å². The molecule has 5 rings (SSSR count). The Kier molecular flexibility index (Phi) is 8.21. The third kappa shape index (κ3) is 5.88. The summed E-state index contributed by atoms with van der Waals surface area (Å²) in [5.74, 6) is -0.213. The van der Waals surface area contributed by atoms with E-state index in [1.807, 2.05) is 49.3 Å². The third-order valence-corrected chi connectivity index (χ3v) is 7.97. The molecule has 2 aliphatic rings. The Balaban J connectivity index is 1.36. The van der Waals surface area contributed by atoms with Gasteiger partial charge in [0.25, 0.3) is 5.91 Å². The van der Waals surface area contributed by atoms with E-state index < -0.39 is 5.54 Å². The van der Waals surface area contributed by atoms with Gasteiger partial charge in [-0.3, -0.25) is 14.7 Å². The summed E-state index contributed by atoms with van der Waals surface area (Å²) < 4.78 is 0. The number of carbonyl (C=O) groups excluding carboxylic acids is 3. The first-order valence-corrected chi connectivity index (χ1v) is 14.0. The Bertz CT molecular complexity index is 1410. The predicted molar refractivity (Wildman–Crippen MR) is 158 cm³/mol. The molecule has 4 amide bonds. The molecule has 10 nitrogen and oxygen atoms in total. The lowest BCUT2D eigenvalue weighted by Crippen LogP contribution is -2.52. The molecule has 0 unspecified atom stereocenters. The van der Waals surface area contributed by atoms with Crippen molar-refractivity contribution in [2.45, 2.75) is 50.2 Å². The van der Waals surface area contributed by atoms with Gasteiger partial charge < -0.3 is 25.8 Å². The van der Waals surface area contributed by atoms with Gasteiger partial charge >= 0.3 is 6.03 Å². The van der Waals surface area contributed by atoms with Crippen LogP contribution in [0.5, 0.6) is 0 Å². The van der Waals surface area contributed by atoms with Crippen LogP contribution < -0.4 is 16.0 Å². The monoisotopic (exact) mass is 555 g/mol. The lowest BCUT2D eigenvalue weighted by atomic mass is 9.79. The molecular weight excluding hydrogens is 518 g/mol. The second-order valence-electron chi connectivity index (χ2n) is 11.0. The molecular formula is C31H37N7O3. The highest BCUT2D eigenvalue weighted by Gasteiger charge is 2.51. The molecule has 1 saturated carbocycles. The molecule has 1 aliphatic carbocycles. The van der Waals surface area contributed by atoms with Crippen molar-refractivity contribution >= 4 is 29.4 Å². The predicted octanol–water partition coefficient (Wildman–Crippen LogP) is 4.77. The van der Waals surface area contributed by atoms with E-state index >= 15 is 0 Å². The zero-order chi connectivity index (χ0) is 29.0. The van der Waals surface area contributed by atoms with E-state index in [0.717, 1.165) is 48.9 Å². The molecule has 10 heteroatoms. The molecule has 1 aromatic heterocycles. The van der Waals surface area contributed by atoms with Crippen molar-refractivity contribution in [3.63, 3.8) is 0 Å². The molecule has 1 atom stereocenters. The van der Waals surface area contributed by atoms with Gasteiger partial charge in [-0.1, -0.05) is 56.2 Å². The fraction of sp³-hybridized carbons (Fsp3) is 0.355. The van der Waals surface area contributed by atoms with E-state index in [9.17, 15) is 14.4 Å². The van der Waals surface area contributed by atoms with Crippen molar-refractivity contribution in [3.05, 3.63) is 89.6 Å². The summed E-state index contributed by atoms with van der Waals surface area (Å²) in [6.45, 7) is 4.46. The van der Waals surface area contributed by atoms with Gasteiger partial charge in [0, 0.05) is 23.4 Å². The maximum Gasteiger partial charge on any atom is 0.319 e. The normalized spacial score (nSPS) is 16.2. The van der Waals surface area contributed by atoms with E-state index in [-0.39, 0.29) is 23.9 Å². The summed E-state index contributed by atoms with van der Waals surface area (Å²) >= 11 is 0. The molecule has 1 aliphatic heterocycles. The fourth-order valence-electron chi connectivity index (χ4n) is 5.96. The van der Waals surface area contributed by atoms with Crippen molar-refractivity contribution in [2.75, 3.05) is 31.3 Å². The minimum absolute atomic E-state index is 0.123. The number of fused-ring (bicyclic) bond motifs is 2. The van der Waals surface area contributed by atoms with Crippen molar-refractivity contribution < 1.29 is 14.4 Å². The number of aromatic amines is 1. The summed E-state index contributed by atoms with van der Waals surface area (Å²) in [7, 11) is 3.99. The van der Waals surface area contributed by atoms with Crippen LogP contribution >= 0.6 is 0 Å². The van der Waals surface area contributed by atoms with Crippen LogP contribution in [0.25, 0.3) is 0 Å². The van der Waals surface area contributed by atoms with Crippen molar-refractivity contribution in [1.82, 2.24) is 25.3 Å². The number of carbonyl (C=O) groups is 3. The Morgan fingerprint density at radius 1 is 1.05 bits per heavy atom. The van der Waals surface area contributed by atoms with Crippen molar-refractivity contribution in [3.8, 4) is 0 Å². The van der Waals surface area contributed by atoms with E-state index in [1.165, 1.54) is 6.08 Å². The van der Waals surface area contributed by atoms with Gasteiger partial charge in [-0.2, -0.15) is 5.10 Å². The summed E-state index contributed by atoms with van der Waals surface area (Å²) in [6.07, 6.45) is 6.01. The van der Waals surface area contributed by atoms with Crippen LogP contribution in [0.15, 0.2) is 67.3 Å². The van der Waals surface area contributed by atoms with Gasteiger partial charge in [0.1, 0.15) is 0 Å². The Morgan fingerprint density at radius 3 is 2.41 bits per heavy atom. The zero-order valence-corrected chi connectivity index (χ0v) is 23.6. The Hall–Kier alpha value is -4.44. The number of hydrogen-bond donors (Lipinski definition) is 4. The number of nitrogens with one attached hydrogen (secondary N) is 4. The number of aromatic nitrogens is 2. The quantitative estimate of drug-likeness (QED) is 0.298. The van der Waals surface area contributed by atoms with E-state index in [4.69, 9.17) is 0 Å². The zero-order valence-electron chi connectivity index (χ0n) is 23.6. The maximum absolute atomic E-state index is 14.0. The maximum atomic E-state index is 14.0. The van der Waals surface area contributed by atoms with Crippen molar-refractivity contribution in [2.24, 2.45) is 0 Å². The highest BCUT2D eigenvalue weighted by atomic mass is 16.2. The molecule has 41 heavy (non-hydrogen) atoms. The van der Waals surface area contributed by atoms with Gasteiger partial charge in [0.15, 0.2) is 5.82 Å². The molecule has 2 heterocycles. The summed E-state index contributed by atoms with van der Waals surface area (Å²) in [5, 5.41) is 16.6. The van der Waals surface area contributed by atoms with Gasteiger partial charge in [0.2, 0.25) is 5.91 Å². The van der Waals surface area contributed by atoms with Gasteiger partial charge in [-0.15, -0.1) is 0 Å². The number of hydrogen-bond acceptors (Lipinski definition) is 5.